The van der Waals surface area contributed by atoms with Crippen molar-refractivity contribution in [1.82, 2.24) is 0 Å². The predicted octanol–water partition coefficient (Wildman–Crippen LogP) is 4.04. The molecule has 0 atom stereocenters. The SMILES string of the molecule is CCC1CCC(Oc2ccc(C#N)c(F)c2)CC1. The van der Waals surface area contributed by atoms with E-state index < -0.39 is 5.82 Å². The Bertz CT molecular complexity index is 444. The Labute approximate surface area is 107 Å². The topological polar surface area (TPSA) is 33.0 Å². The van der Waals surface area contributed by atoms with Gasteiger partial charge in [0.15, 0.2) is 0 Å². The first-order valence-electron chi connectivity index (χ1n) is 6.59. The van der Waals surface area contributed by atoms with Gasteiger partial charge in [0, 0.05) is 6.07 Å². The van der Waals surface area contributed by atoms with Gasteiger partial charge in [0.05, 0.1) is 11.7 Å². The molecule has 0 amide bonds. The molecule has 1 aliphatic carbocycles. The number of nitriles is 1. The summed E-state index contributed by atoms with van der Waals surface area (Å²) in [5, 5.41) is 8.66. The van der Waals surface area contributed by atoms with Crippen molar-refractivity contribution in [3.63, 3.8) is 0 Å². The Hall–Kier alpha value is -1.56. The van der Waals surface area contributed by atoms with Crippen LogP contribution in [0.3, 0.4) is 0 Å². The lowest BCUT2D eigenvalue weighted by Crippen LogP contribution is -2.23. The number of halogens is 1. The molecular formula is C15H18FNO. The van der Waals surface area contributed by atoms with E-state index in [1.54, 1.807) is 6.07 Å². The van der Waals surface area contributed by atoms with E-state index in [1.165, 1.54) is 31.4 Å². The van der Waals surface area contributed by atoms with Crippen LogP contribution >= 0.6 is 0 Å². The van der Waals surface area contributed by atoms with E-state index in [0.717, 1.165) is 18.8 Å². The first kappa shape index (κ1) is 12.9. The Balaban J connectivity index is 1.94. The van der Waals surface area contributed by atoms with Gasteiger partial charge in [-0.2, -0.15) is 5.26 Å². The molecule has 0 aliphatic heterocycles. The van der Waals surface area contributed by atoms with Crippen molar-refractivity contribution >= 4 is 0 Å². The molecule has 1 aliphatic rings. The lowest BCUT2D eigenvalue weighted by molar-refractivity contribution is 0.129. The van der Waals surface area contributed by atoms with Crippen LogP contribution < -0.4 is 4.74 Å². The summed E-state index contributed by atoms with van der Waals surface area (Å²) in [6.45, 7) is 2.22. The molecule has 0 saturated heterocycles. The monoisotopic (exact) mass is 247 g/mol. The fourth-order valence-electron chi connectivity index (χ4n) is 2.51. The molecule has 1 saturated carbocycles. The van der Waals surface area contributed by atoms with E-state index in [9.17, 15) is 4.39 Å². The standard InChI is InChI=1S/C15H18FNO/c1-2-11-3-6-13(7-4-11)18-14-8-5-12(10-17)15(16)9-14/h5,8-9,11,13H,2-4,6-7H2,1H3. The number of benzene rings is 1. The molecule has 0 aromatic heterocycles. The third-order valence-corrected chi connectivity index (χ3v) is 3.73. The molecule has 1 aromatic rings. The van der Waals surface area contributed by atoms with E-state index >= 15 is 0 Å². The zero-order chi connectivity index (χ0) is 13.0. The average Bonchev–Trinajstić information content (AvgIpc) is 2.40. The van der Waals surface area contributed by atoms with Crippen LogP contribution in [0, 0.1) is 23.1 Å². The maximum Gasteiger partial charge on any atom is 0.144 e. The van der Waals surface area contributed by atoms with Gasteiger partial charge in [-0.1, -0.05) is 13.3 Å². The highest BCUT2D eigenvalue weighted by Gasteiger charge is 2.21. The molecule has 2 nitrogen and oxygen atoms in total. The molecule has 0 unspecified atom stereocenters. The van der Waals surface area contributed by atoms with Crippen molar-refractivity contribution in [1.29, 1.82) is 5.26 Å². The quantitative estimate of drug-likeness (QED) is 0.807. The predicted molar refractivity (Wildman–Crippen MR) is 67.8 cm³/mol. The van der Waals surface area contributed by atoms with Crippen LogP contribution in [0.4, 0.5) is 4.39 Å². The Morgan fingerprint density at radius 3 is 2.61 bits per heavy atom. The summed E-state index contributed by atoms with van der Waals surface area (Å²) in [5.74, 6) is 0.853. The summed E-state index contributed by atoms with van der Waals surface area (Å²) >= 11 is 0. The third-order valence-electron chi connectivity index (χ3n) is 3.73. The van der Waals surface area contributed by atoms with Crippen LogP contribution in [0.5, 0.6) is 5.75 Å². The smallest absolute Gasteiger partial charge is 0.144 e. The first-order chi connectivity index (χ1) is 8.72. The summed E-state index contributed by atoms with van der Waals surface area (Å²) in [6.07, 6.45) is 5.90. The average molecular weight is 247 g/mol. The van der Waals surface area contributed by atoms with E-state index in [4.69, 9.17) is 10.00 Å². The van der Waals surface area contributed by atoms with Crippen molar-refractivity contribution < 1.29 is 9.13 Å². The van der Waals surface area contributed by atoms with Gasteiger partial charge < -0.3 is 4.74 Å². The lowest BCUT2D eigenvalue weighted by Gasteiger charge is -2.28. The zero-order valence-electron chi connectivity index (χ0n) is 10.7. The molecule has 3 heteroatoms. The van der Waals surface area contributed by atoms with Crippen LogP contribution in [0.25, 0.3) is 0 Å². The van der Waals surface area contributed by atoms with Crippen molar-refractivity contribution in [3.8, 4) is 11.8 Å². The highest BCUT2D eigenvalue weighted by atomic mass is 19.1. The highest BCUT2D eigenvalue weighted by molar-refractivity contribution is 5.36. The van der Waals surface area contributed by atoms with Gasteiger partial charge in [-0.3, -0.25) is 0 Å². The minimum absolute atomic E-state index is 0.0667. The molecule has 2 rings (SSSR count). The van der Waals surface area contributed by atoms with Gasteiger partial charge in [-0.15, -0.1) is 0 Å². The van der Waals surface area contributed by atoms with Crippen molar-refractivity contribution in [2.24, 2.45) is 5.92 Å². The molecule has 0 N–H and O–H groups in total. The number of rotatable bonds is 3. The Morgan fingerprint density at radius 2 is 2.06 bits per heavy atom. The molecule has 0 spiro atoms. The molecular weight excluding hydrogens is 229 g/mol. The van der Waals surface area contributed by atoms with Gasteiger partial charge in [0.25, 0.3) is 0 Å². The number of hydrogen-bond acceptors (Lipinski definition) is 2. The van der Waals surface area contributed by atoms with Crippen LogP contribution in [-0.2, 0) is 0 Å². The maximum atomic E-state index is 13.4. The van der Waals surface area contributed by atoms with Crippen molar-refractivity contribution in [3.05, 3.63) is 29.6 Å². The lowest BCUT2D eigenvalue weighted by atomic mass is 9.86. The second-order valence-corrected chi connectivity index (χ2v) is 4.92. The van der Waals surface area contributed by atoms with Crippen molar-refractivity contribution in [2.45, 2.75) is 45.1 Å². The maximum absolute atomic E-state index is 13.4. The second-order valence-electron chi connectivity index (χ2n) is 4.92. The highest BCUT2D eigenvalue weighted by Crippen LogP contribution is 2.29. The van der Waals surface area contributed by atoms with Gasteiger partial charge >= 0.3 is 0 Å². The Morgan fingerprint density at radius 1 is 1.33 bits per heavy atom. The van der Waals surface area contributed by atoms with Crippen LogP contribution in [0.15, 0.2) is 18.2 Å². The fourth-order valence-corrected chi connectivity index (χ4v) is 2.51. The minimum atomic E-state index is -0.503. The fraction of sp³-hybridized carbons (Fsp3) is 0.533. The molecule has 1 fully saturated rings. The zero-order valence-corrected chi connectivity index (χ0v) is 10.7. The van der Waals surface area contributed by atoms with E-state index in [0.29, 0.717) is 5.75 Å². The summed E-state index contributed by atoms with van der Waals surface area (Å²) < 4.78 is 19.2. The van der Waals surface area contributed by atoms with E-state index in [1.807, 2.05) is 6.07 Å². The van der Waals surface area contributed by atoms with Crippen LogP contribution in [0.2, 0.25) is 0 Å². The van der Waals surface area contributed by atoms with Gasteiger partial charge in [-0.05, 0) is 43.7 Å². The molecule has 1 aromatic carbocycles. The van der Waals surface area contributed by atoms with E-state index in [-0.39, 0.29) is 11.7 Å². The Kier molecular flexibility index (Phi) is 4.19. The number of nitrogens with zero attached hydrogens (tertiary/aromatic N) is 1. The van der Waals surface area contributed by atoms with Gasteiger partial charge in [0.2, 0.25) is 0 Å². The summed E-state index contributed by atoms with van der Waals surface area (Å²) in [5.41, 5.74) is 0.0667. The van der Waals surface area contributed by atoms with E-state index in [2.05, 4.69) is 6.92 Å². The summed E-state index contributed by atoms with van der Waals surface area (Å²) in [7, 11) is 0. The number of hydrogen-bond donors (Lipinski definition) is 0. The first-order valence-corrected chi connectivity index (χ1v) is 6.59. The van der Waals surface area contributed by atoms with Crippen LogP contribution in [0.1, 0.15) is 44.6 Å². The largest absolute Gasteiger partial charge is 0.490 e. The summed E-state index contributed by atoms with van der Waals surface area (Å²) in [6, 6.07) is 6.27. The third kappa shape index (κ3) is 3.01. The van der Waals surface area contributed by atoms with Gasteiger partial charge in [0.1, 0.15) is 17.6 Å². The summed E-state index contributed by atoms with van der Waals surface area (Å²) in [4.78, 5) is 0. The van der Waals surface area contributed by atoms with Crippen molar-refractivity contribution in [2.75, 3.05) is 0 Å². The van der Waals surface area contributed by atoms with Crippen LogP contribution in [-0.4, -0.2) is 6.10 Å². The van der Waals surface area contributed by atoms with Gasteiger partial charge in [-0.25, -0.2) is 4.39 Å². The normalized spacial score (nSPS) is 23.4. The second kappa shape index (κ2) is 5.86. The molecule has 18 heavy (non-hydrogen) atoms. The molecule has 0 bridgehead atoms. The number of ether oxygens (including phenoxy) is 1. The molecule has 96 valence electrons. The minimum Gasteiger partial charge on any atom is -0.490 e. The molecule has 0 heterocycles. The molecule has 0 radical (unpaired) electrons.